The van der Waals surface area contributed by atoms with E-state index in [-0.39, 0.29) is 4.75 Å². The zero-order valence-electron chi connectivity index (χ0n) is 9.48. The quantitative estimate of drug-likeness (QED) is 0.694. The highest BCUT2D eigenvalue weighted by Gasteiger charge is 2.13. The molecule has 0 fully saturated rings. The molecule has 2 rings (SSSR count). The second-order valence-electron chi connectivity index (χ2n) is 4.58. The van der Waals surface area contributed by atoms with Crippen LogP contribution >= 0.6 is 11.8 Å². The first-order chi connectivity index (χ1) is 6.96. The van der Waals surface area contributed by atoms with Crippen molar-refractivity contribution >= 4 is 22.9 Å². The molecule has 0 radical (unpaired) electrons. The summed E-state index contributed by atoms with van der Waals surface area (Å²) in [5.74, 6) is 0. The fourth-order valence-corrected chi connectivity index (χ4v) is 2.39. The van der Waals surface area contributed by atoms with Crippen LogP contribution in [0.15, 0.2) is 23.5 Å². The molecule has 0 atom stereocenters. The van der Waals surface area contributed by atoms with Crippen LogP contribution < -0.4 is 0 Å². The largest absolute Gasteiger partial charge is 0.318 e. The first-order valence-corrected chi connectivity index (χ1v) is 5.73. The van der Waals surface area contributed by atoms with Crippen molar-refractivity contribution in [3.8, 4) is 0 Å². The van der Waals surface area contributed by atoms with Crippen molar-refractivity contribution < 1.29 is 0 Å². The van der Waals surface area contributed by atoms with E-state index in [9.17, 15) is 0 Å². The third-order valence-electron chi connectivity index (χ3n) is 1.95. The van der Waals surface area contributed by atoms with E-state index in [1.54, 1.807) is 6.33 Å². The molecule has 0 unspecified atom stereocenters. The van der Waals surface area contributed by atoms with E-state index < -0.39 is 0 Å². The van der Waals surface area contributed by atoms with Crippen LogP contribution in [0.4, 0.5) is 0 Å². The summed E-state index contributed by atoms with van der Waals surface area (Å²) in [6.45, 7) is 6.58. The number of aromatic nitrogens is 3. The molecule has 0 aromatic carbocycles. The van der Waals surface area contributed by atoms with Gasteiger partial charge in [0.15, 0.2) is 5.65 Å². The Morgan fingerprint density at radius 2 is 2.00 bits per heavy atom. The van der Waals surface area contributed by atoms with Crippen molar-refractivity contribution in [2.75, 3.05) is 0 Å². The summed E-state index contributed by atoms with van der Waals surface area (Å²) < 4.78 is 2.14. The second-order valence-corrected chi connectivity index (χ2v) is 6.48. The van der Waals surface area contributed by atoms with E-state index >= 15 is 0 Å². The van der Waals surface area contributed by atoms with E-state index in [0.717, 1.165) is 11.2 Å². The number of thioether (sulfide) groups is 1. The lowest BCUT2D eigenvalue weighted by atomic mass is 10.3. The molecule has 2 aromatic heterocycles. The van der Waals surface area contributed by atoms with Crippen molar-refractivity contribution in [1.82, 2.24) is 14.5 Å². The van der Waals surface area contributed by atoms with Gasteiger partial charge in [-0.3, -0.25) is 0 Å². The Balaban J connectivity index is 2.39. The monoisotopic (exact) mass is 221 g/mol. The lowest BCUT2D eigenvalue weighted by Crippen LogP contribution is -2.06. The molecule has 0 saturated heterocycles. The smallest absolute Gasteiger partial charge is 0.159 e. The Labute approximate surface area is 93.9 Å². The van der Waals surface area contributed by atoms with E-state index in [4.69, 9.17) is 0 Å². The van der Waals surface area contributed by atoms with Crippen LogP contribution in [0.25, 0.3) is 11.2 Å². The summed E-state index contributed by atoms with van der Waals surface area (Å²) in [6, 6.07) is 2.10. The Bertz CT molecular complexity index is 482. The number of pyridine rings is 1. The van der Waals surface area contributed by atoms with Gasteiger partial charge in [0.2, 0.25) is 0 Å². The van der Waals surface area contributed by atoms with Gasteiger partial charge in [-0.1, -0.05) is 20.8 Å². The summed E-state index contributed by atoms with van der Waals surface area (Å²) in [5.41, 5.74) is 1.90. The van der Waals surface area contributed by atoms with Gasteiger partial charge < -0.3 is 4.57 Å². The molecule has 0 aliphatic carbocycles. The highest BCUT2D eigenvalue weighted by atomic mass is 32.2. The summed E-state index contributed by atoms with van der Waals surface area (Å²) in [5, 5.41) is 0. The lowest BCUT2D eigenvalue weighted by Gasteiger charge is -2.16. The molecule has 2 heterocycles. The minimum absolute atomic E-state index is 0.212. The van der Waals surface area contributed by atoms with Crippen molar-refractivity contribution in [2.24, 2.45) is 7.05 Å². The summed E-state index contributed by atoms with van der Waals surface area (Å²) in [7, 11) is 1.96. The first-order valence-electron chi connectivity index (χ1n) is 4.92. The minimum atomic E-state index is 0.212. The SMILES string of the molecule is Cn1cnc2cc(SC(C)(C)C)cnc21. The molecule has 0 amide bonds. The topological polar surface area (TPSA) is 30.7 Å². The number of hydrogen-bond donors (Lipinski definition) is 0. The Hall–Kier alpha value is -1.03. The molecule has 0 saturated carbocycles. The van der Waals surface area contributed by atoms with Crippen LogP contribution in [0.5, 0.6) is 0 Å². The van der Waals surface area contributed by atoms with Crippen LogP contribution in [0, 0.1) is 0 Å². The summed E-state index contributed by atoms with van der Waals surface area (Å²) in [6.07, 6.45) is 3.71. The molecule has 0 aliphatic rings. The molecular formula is C11H15N3S. The van der Waals surface area contributed by atoms with Gasteiger partial charge >= 0.3 is 0 Å². The second kappa shape index (κ2) is 3.52. The van der Waals surface area contributed by atoms with Gasteiger partial charge in [-0.25, -0.2) is 9.97 Å². The van der Waals surface area contributed by atoms with Gasteiger partial charge in [-0.15, -0.1) is 11.8 Å². The number of aryl methyl sites for hydroxylation is 1. The van der Waals surface area contributed by atoms with Crippen LogP contribution in [0.1, 0.15) is 20.8 Å². The number of hydrogen-bond acceptors (Lipinski definition) is 3. The van der Waals surface area contributed by atoms with Gasteiger partial charge in [0.25, 0.3) is 0 Å². The Morgan fingerprint density at radius 1 is 1.27 bits per heavy atom. The van der Waals surface area contributed by atoms with Crippen LogP contribution in [-0.4, -0.2) is 19.3 Å². The van der Waals surface area contributed by atoms with Crippen LogP contribution in [-0.2, 0) is 7.05 Å². The number of imidazole rings is 1. The fraction of sp³-hybridized carbons (Fsp3) is 0.455. The standard InChI is InChI=1S/C11H15N3S/c1-11(2,3)15-8-5-9-10(12-6-8)14(4)7-13-9/h5-7H,1-4H3. The van der Waals surface area contributed by atoms with Crippen LogP contribution in [0.3, 0.4) is 0 Å². The highest BCUT2D eigenvalue weighted by Crippen LogP contribution is 2.32. The maximum atomic E-state index is 4.40. The van der Waals surface area contributed by atoms with Crippen molar-refractivity contribution in [1.29, 1.82) is 0 Å². The Morgan fingerprint density at radius 3 is 2.67 bits per heavy atom. The maximum absolute atomic E-state index is 4.40. The molecule has 0 bridgehead atoms. The van der Waals surface area contributed by atoms with Gasteiger partial charge in [0, 0.05) is 22.9 Å². The van der Waals surface area contributed by atoms with Gasteiger partial charge in [-0.05, 0) is 6.07 Å². The van der Waals surface area contributed by atoms with E-state index in [0.29, 0.717) is 0 Å². The zero-order valence-corrected chi connectivity index (χ0v) is 10.3. The van der Waals surface area contributed by atoms with Crippen molar-refractivity contribution in [3.63, 3.8) is 0 Å². The first kappa shape index (κ1) is 10.5. The molecular weight excluding hydrogens is 206 g/mol. The molecule has 4 heteroatoms. The molecule has 3 nitrogen and oxygen atoms in total. The molecule has 80 valence electrons. The zero-order chi connectivity index (χ0) is 11.1. The predicted molar refractivity (Wildman–Crippen MR) is 64.1 cm³/mol. The Kier molecular flexibility index (Phi) is 2.46. The van der Waals surface area contributed by atoms with Gasteiger partial charge in [-0.2, -0.15) is 0 Å². The molecule has 0 aliphatic heterocycles. The lowest BCUT2D eigenvalue weighted by molar-refractivity contribution is 0.802. The maximum Gasteiger partial charge on any atom is 0.159 e. The number of nitrogens with zero attached hydrogens (tertiary/aromatic N) is 3. The van der Waals surface area contributed by atoms with E-state index in [1.165, 1.54) is 4.90 Å². The number of rotatable bonds is 1. The molecule has 15 heavy (non-hydrogen) atoms. The summed E-state index contributed by atoms with van der Waals surface area (Å²) in [4.78, 5) is 9.88. The third kappa shape index (κ3) is 2.31. The van der Waals surface area contributed by atoms with Crippen LogP contribution in [0.2, 0.25) is 0 Å². The average molecular weight is 221 g/mol. The summed E-state index contributed by atoms with van der Waals surface area (Å²) >= 11 is 1.81. The van der Waals surface area contributed by atoms with E-state index in [1.807, 2.05) is 29.6 Å². The van der Waals surface area contributed by atoms with Crippen molar-refractivity contribution in [2.45, 2.75) is 30.4 Å². The number of fused-ring (bicyclic) bond motifs is 1. The molecule has 0 N–H and O–H groups in total. The predicted octanol–water partition coefficient (Wildman–Crippen LogP) is 2.86. The molecule has 2 aromatic rings. The minimum Gasteiger partial charge on any atom is -0.318 e. The highest BCUT2D eigenvalue weighted by molar-refractivity contribution is 8.00. The van der Waals surface area contributed by atoms with Crippen molar-refractivity contribution in [3.05, 3.63) is 18.6 Å². The van der Waals surface area contributed by atoms with E-state index in [2.05, 4.69) is 36.8 Å². The van der Waals surface area contributed by atoms with Gasteiger partial charge in [0.1, 0.15) is 5.52 Å². The third-order valence-corrected chi connectivity index (χ3v) is 3.02. The van der Waals surface area contributed by atoms with Gasteiger partial charge in [0.05, 0.1) is 6.33 Å². The average Bonchev–Trinajstić information content (AvgIpc) is 2.45. The molecule has 0 spiro atoms. The fourth-order valence-electron chi connectivity index (χ4n) is 1.41. The normalized spacial score (nSPS) is 12.3.